The third-order valence-electron chi connectivity index (χ3n) is 4.58. The van der Waals surface area contributed by atoms with E-state index in [9.17, 15) is 0 Å². The standard InChI is InChI=1S/C21H21N3/c1-16-7-9-18(10-8-16)21-22-13-19-11-12-24(15-20(19)23-21)14-17-5-3-2-4-6-17/h2-10,13H,11-12,14-15H2,1H3. The van der Waals surface area contributed by atoms with Gasteiger partial charge in [0.1, 0.15) is 0 Å². The number of aryl methyl sites for hydroxylation is 1. The molecule has 0 unspecified atom stereocenters. The maximum atomic E-state index is 4.85. The van der Waals surface area contributed by atoms with Crippen molar-refractivity contribution in [1.82, 2.24) is 14.9 Å². The van der Waals surface area contributed by atoms with Crippen LogP contribution in [0, 0.1) is 6.92 Å². The number of hydrogen-bond donors (Lipinski definition) is 0. The van der Waals surface area contributed by atoms with E-state index in [1.165, 1.54) is 22.4 Å². The minimum Gasteiger partial charge on any atom is -0.293 e. The molecule has 0 saturated carbocycles. The molecule has 4 rings (SSSR count). The second-order valence-electron chi connectivity index (χ2n) is 6.48. The zero-order valence-corrected chi connectivity index (χ0v) is 13.9. The Bertz CT molecular complexity index is 825. The highest BCUT2D eigenvalue weighted by molar-refractivity contribution is 5.55. The quantitative estimate of drug-likeness (QED) is 0.731. The molecule has 1 aliphatic heterocycles. The van der Waals surface area contributed by atoms with Gasteiger partial charge in [-0.2, -0.15) is 0 Å². The Morgan fingerprint density at radius 3 is 2.58 bits per heavy atom. The number of fused-ring (bicyclic) bond motifs is 1. The summed E-state index contributed by atoms with van der Waals surface area (Å²) in [5, 5.41) is 0. The van der Waals surface area contributed by atoms with Gasteiger partial charge in [-0.25, -0.2) is 9.97 Å². The number of aromatic nitrogens is 2. The lowest BCUT2D eigenvalue weighted by Crippen LogP contribution is -2.31. The molecule has 0 radical (unpaired) electrons. The van der Waals surface area contributed by atoms with Gasteiger partial charge in [0.2, 0.25) is 0 Å². The van der Waals surface area contributed by atoms with Gasteiger partial charge in [0, 0.05) is 31.4 Å². The fraction of sp³-hybridized carbons (Fsp3) is 0.238. The predicted octanol–water partition coefficient (Wildman–Crippen LogP) is 4.01. The molecule has 24 heavy (non-hydrogen) atoms. The van der Waals surface area contributed by atoms with Crippen LogP contribution >= 0.6 is 0 Å². The van der Waals surface area contributed by atoms with Gasteiger partial charge in [0.05, 0.1) is 5.69 Å². The van der Waals surface area contributed by atoms with Crippen molar-refractivity contribution in [2.75, 3.05) is 6.54 Å². The largest absolute Gasteiger partial charge is 0.293 e. The van der Waals surface area contributed by atoms with Gasteiger partial charge in [-0.1, -0.05) is 60.2 Å². The molecule has 0 fully saturated rings. The predicted molar refractivity (Wildman–Crippen MR) is 96.5 cm³/mol. The summed E-state index contributed by atoms with van der Waals surface area (Å²) in [6, 6.07) is 19.1. The van der Waals surface area contributed by atoms with Crippen LogP contribution in [-0.4, -0.2) is 21.4 Å². The fourth-order valence-electron chi connectivity index (χ4n) is 3.18. The van der Waals surface area contributed by atoms with Gasteiger partial charge in [-0.3, -0.25) is 4.90 Å². The normalized spacial score (nSPS) is 14.4. The zero-order valence-electron chi connectivity index (χ0n) is 13.9. The topological polar surface area (TPSA) is 29.0 Å². The van der Waals surface area contributed by atoms with Gasteiger partial charge in [-0.15, -0.1) is 0 Å². The molecule has 0 N–H and O–H groups in total. The Labute approximate surface area is 143 Å². The maximum absolute atomic E-state index is 4.85. The van der Waals surface area contributed by atoms with Gasteiger partial charge in [0.15, 0.2) is 5.82 Å². The lowest BCUT2D eigenvalue weighted by Gasteiger charge is -2.28. The van der Waals surface area contributed by atoms with Crippen LogP contribution in [-0.2, 0) is 19.5 Å². The molecule has 1 aliphatic rings. The summed E-state index contributed by atoms with van der Waals surface area (Å²) < 4.78 is 0. The van der Waals surface area contributed by atoms with Crippen LogP contribution in [0.2, 0.25) is 0 Å². The van der Waals surface area contributed by atoms with E-state index in [4.69, 9.17) is 4.98 Å². The third-order valence-corrected chi connectivity index (χ3v) is 4.58. The summed E-state index contributed by atoms with van der Waals surface area (Å²) in [6.07, 6.45) is 3.04. The molecule has 3 nitrogen and oxygen atoms in total. The highest BCUT2D eigenvalue weighted by Crippen LogP contribution is 2.22. The molecule has 120 valence electrons. The maximum Gasteiger partial charge on any atom is 0.159 e. The highest BCUT2D eigenvalue weighted by Gasteiger charge is 2.19. The Morgan fingerprint density at radius 2 is 1.79 bits per heavy atom. The van der Waals surface area contributed by atoms with Crippen LogP contribution in [0.4, 0.5) is 0 Å². The number of nitrogens with zero attached hydrogens (tertiary/aromatic N) is 3. The number of rotatable bonds is 3. The van der Waals surface area contributed by atoms with Crippen LogP contribution in [0.3, 0.4) is 0 Å². The molecule has 0 amide bonds. The Morgan fingerprint density at radius 1 is 1.00 bits per heavy atom. The van der Waals surface area contributed by atoms with Crippen LogP contribution < -0.4 is 0 Å². The molecule has 0 spiro atoms. The van der Waals surface area contributed by atoms with Crippen molar-refractivity contribution < 1.29 is 0 Å². The fourth-order valence-corrected chi connectivity index (χ4v) is 3.18. The minimum absolute atomic E-state index is 0.829. The van der Waals surface area contributed by atoms with Crippen LogP contribution in [0.5, 0.6) is 0 Å². The Kier molecular flexibility index (Phi) is 4.09. The lowest BCUT2D eigenvalue weighted by atomic mass is 10.1. The molecule has 0 aliphatic carbocycles. The van der Waals surface area contributed by atoms with E-state index >= 15 is 0 Å². The van der Waals surface area contributed by atoms with Gasteiger partial charge in [-0.05, 0) is 24.5 Å². The molecular formula is C21H21N3. The van der Waals surface area contributed by atoms with Crippen molar-refractivity contribution >= 4 is 0 Å². The van der Waals surface area contributed by atoms with Crippen LogP contribution in [0.1, 0.15) is 22.4 Å². The molecule has 0 bridgehead atoms. The molecule has 2 aromatic carbocycles. The summed E-state index contributed by atoms with van der Waals surface area (Å²) in [6.45, 7) is 5.03. The SMILES string of the molecule is Cc1ccc(-c2ncc3c(n2)CN(Cc2ccccc2)CC3)cc1. The average molecular weight is 315 g/mol. The third kappa shape index (κ3) is 3.22. The summed E-state index contributed by atoms with van der Waals surface area (Å²) in [4.78, 5) is 11.9. The molecule has 3 aromatic rings. The van der Waals surface area contributed by atoms with E-state index in [1.807, 2.05) is 6.20 Å². The van der Waals surface area contributed by atoms with Crippen molar-refractivity contribution in [1.29, 1.82) is 0 Å². The van der Waals surface area contributed by atoms with E-state index < -0.39 is 0 Å². The second kappa shape index (κ2) is 6.54. The highest BCUT2D eigenvalue weighted by atomic mass is 15.1. The van der Waals surface area contributed by atoms with Crippen molar-refractivity contribution in [2.45, 2.75) is 26.4 Å². The molecular weight excluding hydrogens is 294 g/mol. The first-order chi connectivity index (χ1) is 11.8. The van der Waals surface area contributed by atoms with Gasteiger partial charge in [0.25, 0.3) is 0 Å². The average Bonchev–Trinajstić information content (AvgIpc) is 2.63. The first-order valence-corrected chi connectivity index (χ1v) is 8.46. The monoisotopic (exact) mass is 315 g/mol. The summed E-state index contributed by atoms with van der Waals surface area (Å²) in [5.74, 6) is 0.829. The molecule has 0 saturated heterocycles. The van der Waals surface area contributed by atoms with Crippen LogP contribution in [0.25, 0.3) is 11.4 Å². The summed E-state index contributed by atoms with van der Waals surface area (Å²) in [7, 11) is 0. The van der Waals surface area contributed by atoms with Crippen molar-refractivity contribution in [3.8, 4) is 11.4 Å². The van der Waals surface area contributed by atoms with Gasteiger partial charge < -0.3 is 0 Å². The van der Waals surface area contributed by atoms with Crippen molar-refractivity contribution in [3.05, 3.63) is 83.2 Å². The molecule has 0 atom stereocenters. The first kappa shape index (κ1) is 15.0. The smallest absolute Gasteiger partial charge is 0.159 e. The van der Waals surface area contributed by atoms with Crippen molar-refractivity contribution in [3.63, 3.8) is 0 Å². The molecule has 2 heterocycles. The second-order valence-corrected chi connectivity index (χ2v) is 6.48. The van der Waals surface area contributed by atoms with E-state index in [0.29, 0.717) is 0 Å². The van der Waals surface area contributed by atoms with Gasteiger partial charge >= 0.3 is 0 Å². The van der Waals surface area contributed by atoms with Crippen molar-refractivity contribution in [2.24, 2.45) is 0 Å². The Balaban J connectivity index is 1.56. The number of benzene rings is 2. The molecule has 1 aromatic heterocycles. The molecule has 3 heteroatoms. The van der Waals surface area contributed by atoms with E-state index in [-0.39, 0.29) is 0 Å². The van der Waals surface area contributed by atoms with E-state index in [1.54, 1.807) is 0 Å². The Hall–Kier alpha value is -2.52. The lowest BCUT2D eigenvalue weighted by molar-refractivity contribution is 0.241. The first-order valence-electron chi connectivity index (χ1n) is 8.46. The van der Waals surface area contributed by atoms with E-state index in [2.05, 4.69) is 71.4 Å². The summed E-state index contributed by atoms with van der Waals surface area (Å²) >= 11 is 0. The minimum atomic E-state index is 0.829. The zero-order chi connectivity index (χ0) is 16.4. The summed E-state index contributed by atoms with van der Waals surface area (Å²) in [5.41, 5.74) is 6.15. The van der Waals surface area contributed by atoms with E-state index in [0.717, 1.165) is 37.4 Å². The number of hydrogen-bond acceptors (Lipinski definition) is 3. The van der Waals surface area contributed by atoms with Crippen LogP contribution in [0.15, 0.2) is 60.8 Å².